The molecule has 0 heterocycles. The minimum absolute atomic E-state index is 1.11. The summed E-state index contributed by atoms with van der Waals surface area (Å²) >= 11 is 7.58. The third-order valence-electron chi connectivity index (χ3n) is 3.68. The second-order valence-corrected chi connectivity index (χ2v) is 12.1. The van der Waals surface area contributed by atoms with Crippen molar-refractivity contribution in [1.29, 1.82) is 0 Å². The quantitative estimate of drug-likeness (QED) is 0.517. The molecule has 0 saturated heterocycles. The van der Waals surface area contributed by atoms with Gasteiger partial charge in [-0.3, -0.25) is 0 Å². The Labute approximate surface area is 148 Å². The lowest BCUT2D eigenvalue weighted by atomic mass is 10.4. The van der Waals surface area contributed by atoms with Crippen LogP contribution in [0.4, 0.5) is 0 Å². The molecular formula is C19H15Br2P. The zero-order chi connectivity index (χ0) is 15.4. The number of halogens is 2. The Hall–Kier alpha value is -1.08. The van der Waals surface area contributed by atoms with Gasteiger partial charge in [-0.05, 0) is 54.7 Å². The summed E-state index contributed by atoms with van der Waals surface area (Å²) in [6, 6.07) is 32.2. The van der Waals surface area contributed by atoms with Crippen LogP contribution in [0.15, 0.2) is 91.0 Å². The summed E-state index contributed by atoms with van der Waals surface area (Å²) in [5.74, 6) is 0. The van der Waals surface area contributed by atoms with Crippen LogP contribution < -0.4 is 15.9 Å². The van der Waals surface area contributed by atoms with E-state index in [0.717, 1.165) is 3.11 Å². The monoisotopic (exact) mass is 432 g/mol. The second-order valence-electron chi connectivity index (χ2n) is 4.92. The lowest BCUT2D eigenvalue weighted by Crippen LogP contribution is -2.27. The van der Waals surface area contributed by atoms with E-state index in [9.17, 15) is 0 Å². The molecule has 0 aliphatic rings. The summed E-state index contributed by atoms with van der Waals surface area (Å²) in [7, 11) is 0. The fraction of sp³-hybridized carbons (Fsp3) is 0. The molecule has 0 amide bonds. The molecule has 3 heteroatoms. The molecule has 0 aliphatic carbocycles. The van der Waals surface area contributed by atoms with E-state index in [1.165, 1.54) is 15.9 Å². The highest BCUT2D eigenvalue weighted by atomic mass is 79.9. The molecule has 0 spiro atoms. The zero-order valence-corrected chi connectivity index (χ0v) is 15.9. The predicted molar refractivity (Wildman–Crippen MR) is 108 cm³/mol. The Morgan fingerprint density at radius 3 is 1.00 bits per heavy atom. The summed E-state index contributed by atoms with van der Waals surface area (Å²) in [5.41, 5.74) is 0. The Morgan fingerprint density at radius 1 is 0.500 bits per heavy atom. The van der Waals surface area contributed by atoms with Crippen LogP contribution in [-0.4, -0.2) is 3.11 Å². The molecule has 0 N–H and O–H groups in total. The van der Waals surface area contributed by atoms with E-state index in [2.05, 4.69) is 123 Å². The summed E-state index contributed by atoms with van der Waals surface area (Å²) in [6.45, 7) is -1.88. The van der Waals surface area contributed by atoms with Crippen LogP contribution in [0, 0.1) is 0 Å². The third-order valence-corrected chi connectivity index (χ3v) is 10.6. The van der Waals surface area contributed by atoms with Gasteiger partial charge >= 0.3 is 0 Å². The van der Waals surface area contributed by atoms with Gasteiger partial charge in [-0.25, -0.2) is 0 Å². The Balaban J connectivity index is 2.44. The van der Waals surface area contributed by atoms with Crippen LogP contribution in [0.5, 0.6) is 0 Å². The average molecular weight is 434 g/mol. The van der Waals surface area contributed by atoms with Gasteiger partial charge in [-0.1, -0.05) is 91.0 Å². The number of benzene rings is 3. The minimum atomic E-state index is -1.88. The van der Waals surface area contributed by atoms with Crippen molar-refractivity contribution in [3.63, 3.8) is 0 Å². The van der Waals surface area contributed by atoms with Gasteiger partial charge in [0.05, 0.1) is 3.11 Å². The zero-order valence-electron chi connectivity index (χ0n) is 11.9. The molecule has 0 fully saturated rings. The fourth-order valence-corrected chi connectivity index (χ4v) is 9.72. The van der Waals surface area contributed by atoms with Crippen molar-refractivity contribution < 1.29 is 0 Å². The average Bonchev–Trinajstić information content (AvgIpc) is 2.58. The summed E-state index contributed by atoms with van der Waals surface area (Å²) in [4.78, 5) is 0. The van der Waals surface area contributed by atoms with E-state index < -0.39 is 6.89 Å². The maximum Gasteiger partial charge on any atom is 0.0694 e. The Kier molecular flexibility index (Phi) is 5.03. The number of hydrogen-bond acceptors (Lipinski definition) is 0. The molecule has 110 valence electrons. The van der Waals surface area contributed by atoms with E-state index in [1.807, 2.05) is 0 Å². The molecule has 3 rings (SSSR count). The smallest absolute Gasteiger partial charge is 0.0622 e. The highest BCUT2D eigenvalue weighted by molar-refractivity contribution is 9.41. The van der Waals surface area contributed by atoms with Crippen molar-refractivity contribution >= 4 is 57.8 Å². The molecule has 3 aromatic rings. The summed E-state index contributed by atoms with van der Waals surface area (Å²) in [5, 5.41) is 3.99. The van der Waals surface area contributed by atoms with E-state index in [-0.39, 0.29) is 0 Å². The molecular weight excluding hydrogens is 419 g/mol. The first-order chi connectivity index (χ1) is 10.8. The maximum atomic E-state index is 3.79. The van der Waals surface area contributed by atoms with Gasteiger partial charge in [-0.2, -0.15) is 0 Å². The first kappa shape index (κ1) is 15.8. The van der Waals surface area contributed by atoms with Gasteiger partial charge in [0, 0.05) is 0 Å². The molecule has 0 radical (unpaired) electrons. The molecule has 0 atom stereocenters. The van der Waals surface area contributed by atoms with Gasteiger partial charge in [0.25, 0.3) is 0 Å². The molecule has 0 bridgehead atoms. The first-order valence-corrected chi connectivity index (χ1v) is 10.4. The molecule has 0 aromatic heterocycles. The lowest BCUT2D eigenvalue weighted by Gasteiger charge is -2.29. The molecule has 0 aliphatic heterocycles. The molecule has 0 unspecified atom stereocenters. The van der Waals surface area contributed by atoms with Crippen LogP contribution in [-0.2, 0) is 0 Å². The van der Waals surface area contributed by atoms with E-state index >= 15 is 0 Å². The van der Waals surface area contributed by atoms with Crippen molar-refractivity contribution in [1.82, 2.24) is 0 Å². The largest absolute Gasteiger partial charge is 0.0694 e. The van der Waals surface area contributed by atoms with Crippen molar-refractivity contribution in [2.75, 3.05) is 0 Å². The Morgan fingerprint density at radius 2 is 0.773 bits per heavy atom. The van der Waals surface area contributed by atoms with E-state index in [4.69, 9.17) is 0 Å². The van der Waals surface area contributed by atoms with Gasteiger partial charge in [0.1, 0.15) is 0 Å². The number of hydrogen-bond donors (Lipinski definition) is 0. The van der Waals surface area contributed by atoms with Gasteiger partial charge in [0.2, 0.25) is 0 Å². The first-order valence-electron chi connectivity index (χ1n) is 7.00. The highest BCUT2D eigenvalue weighted by Gasteiger charge is 2.27. The van der Waals surface area contributed by atoms with Gasteiger partial charge < -0.3 is 0 Å². The molecule has 0 nitrogen and oxygen atoms in total. The topological polar surface area (TPSA) is 0 Å². The van der Waals surface area contributed by atoms with Crippen LogP contribution >= 0.6 is 38.7 Å². The van der Waals surface area contributed by atoms with Crippen molar-refractivity contribution in [3.8, 4) is 0 Å². The van der Waals surface area contributed by atoms with E-state index in [0.29, 0.717) is 0 Å². The maximum absolute atomic E-state index is 3.79. The SMILES string of the molecule is BrC(Br)=P(c1ccccc1)(c1ccccc1)c1ccccc1. The van der Waals surface area contributed by atoms with Gasteiger partial charge in [-0.15, -0.1) is 0 Å². The summed E-state index contributed by atoms with van der Waals surface area (Å²) in [6.07, 6.45) is 0. The highest BCUT2D eigenvalue weighted by Crippen LogP contribution is 2.48. The third kappa shape index (κ3) is 2.76. The van der Waals surface area contributed by atoms with Crippen molar-refractivity contribution in [2.24, 2.45) is 0 Å². The summed E-state index contributed by atoms with van der Waals surface area (Å²) < 4.78 is 1.11. The van der Waals surface area contributed by atoms with Crippen molar-refractivity contribution in [3.05, 3.63) is 91.0 Å². The van der Waals surface area contributed by atoms with Crippen LogP contribution in [0.2, 0.25) is 0 Å². The van der Waals surface area contributed by atoms with Crippen LogP contribution in [0.25, 0.3) is 0 Å². The Bertz CT molecular complexity index is 689. The predicted octanol–water partition coefficient (Wildman–Crippen LogP) is 4.86. The van der Waals surface area contributed by atoms with Crippen LogP contribution in [0.3, 0.4) is 0 Å². The minimum Gasteiger partial charge on any atom is -0.0622 e. The molecule has 22 heavy (non-hydrogen) atoms. The van der Waals surface area contributed by atoms with E-state index in [1.54, 1.807) is 0 Å². The molecule has 3 aromatic carbocycles. The van der Waals surface area contributed by atoms with Crippen LogP contribution in [0.1, 0.15) is 0 Å². The van der Waals surface area contributed by atoms with Gasteiger partial charge in [0.15, 0.2) is 0 Å². The van der Waals surface area contributed by atoms with Crippen molar-refractivity contribution in [2.45, 2.75) is 0 Å². The second kappa shape index (κ2) is 7.00. The fourth-order valence-electron chi connectivity index (χ4n) is 2.69. The normalized spacial score (nSPS) is 11.2. The molecule has 0 saturated carbocycles. The standard InChI is InChI=1S/C19H15Br2P/c20-19(21)22(16-10-4-1-5-11-16,17-12-6-2-7-13-17)18-14-8-3-9-15-18/h1-15H. The number of rotatable bonds is 3. The lowest BCUT2D eigenvalue weighted by molar-refractivity contribution is 1.73.